The third-order valence-electron chi connectivity index (χ3n) is 8.82. The number of fused-ring (bicyclic) bond motifs is 3. The molecule has 2 saturated heterocycles. The minimum absolute atomic E-state index is 0.0346. The first-order valence-corrected chi connectivity index (χ1v) is 15.7. The highest BCUT2D eigenvalue weighted by molar-refractivity contribution is 6.31. The van der Waals surface area contributed by atoms with E-state index in [1.807, 2.05) is 11.0 Å². The van der Waals surface area contributed by atoms with Gasteiger partial charge in [0, 0.05) is 42.6 Å². The fourth-order valence-corrected chi connectivity index (χ4v) is 6.78. The molecule has 0 saturated carbocycles. The van der Waals surface area contributed by atoms with Gasteiger partial charge in [-0.05, 0) is 60.8 Å². The number of hydrogen-bond acceptors (Lipinski definition) is 8. The minimum Gasteiger partial charge on any atom is -0.463 e. The van der Waals surface area contributed by atoms with Gasteiger partial charge in [-0.1, -0.05) is 18.2 Å². The number of furan rings is 1. The monoisotopic (exact) mass is 688 g/mol. The molecule has 15 heteroatoms. The van der Waals surface area contributed by atoms with E-state index in [9.17, 15) is 32.0 Å². The second-order valence-corrected chi connectivity index (χ2v) is 12.1. The number of carbonyl (C=O) groups excluding carboxylic acids is 1. The van der Waals surface area contributed by atoms with Gasteiger partial charge in [0.25, 0.3) is 5.91 Å². The number of piperazine rings is 1. The van der Waals surface area contributed by atoms with Gasteiger partial charge in [0.05, 0.1) is 41.3 Å². The van der Waals surface area contributed by atoms with Crippen molar-refractivity contribution in [2.75, 3.05) is 50.9 Å². The predicted octanol–water partition coefficient (Wildman–Crippen LogP) is 6.94. The number of rotatable bonds is 9. The van der Waals surface area contributed by atoms with Crippen LogP contribution in [0.1, 0.15) is 24.8 Å². The Hall–Kier alpha value is -4.48. The van der Waals surface area contributed by atoms with Crippen molar-refractivity contribution in [3.8, 4) is 23.2 Å². The van der Waals surface area contributed by atoms with E-state index in [1.165, 1.54) is 29.4 Å². The van der Waals surface area contributed by atoms with Crippen LogP contribution in [0.3, 0.4) is 0 Å². The van der Waals surface area contributed by atoms with Crippen LogP contribution in [0, 0.1) is 11.3 Å². The van der Waals surface area contributed by atoms with Crippen LogP contribution in [0.5, 0.6) is 6.01 Å². The maximum absolute atomic E-state index is 14.2. The second kappa shape index (κ2) is 13.6. The first-order valence-electron chi connectivity index (χ1n) is 15.3. The Morgan fingerprint density at radius 2 is 1.96 bits per heavy atom. The molecule has 0 spiro atoms. The Bertz CT molecular complexity index is 1910. The normalized spacial score (nSPS) is 18.9. The number of nitrogens with zero attached hydrogens (tertiary/aromatic N) is 6. The molecule has 2 aliphatic heterocycles. The molecule has 0 unspecified atom stereocenters. The smallest absolute Gasteiger partial charge is 0.417 e. The Kier molecular flexibility index (Phi) is 9.44. The summed E-state index contributed by atoms with van der Waals surface area (Å²) in [7, 11) is 0. The molecule has 4 aromatic rings. The van der Waals surface area contributed by atoms with E-state index in [-0.39, 0.29) is 78.5 Å². The number of likely N-dealkylation sites (tertiary alicyclic amines) is 1. The van der Waals surface area contributed by atoms with Gasteiger partial charge in [-0.3, -0.25) is 9.69 Å². The molecule has 0 bridgehead atoms. The molecule has 0 radical (unpaired) electrons. The van der Waals surface area contributed by atoms with Gasteiger partial charge in [0.15, 0.2) is 5.83 Å². The van der Waals surface area contributed by atoms with Crippen LogP contribution in [-0.4, -0.2) is 83.8 Å². The van der Waals surface area contributed by atoms with Gasteiger partial charge < -0.3 is 19.0 Å². The number of halogens is 6. The van der Waals surface area contributed by atoms with E-state index in [4.69, 9.17) is 25.7 Å². The Balaban J connectivity index is 1.50. The van der Waals surface area contributed by atoms with Crippen molar-refractivity contribution in [2.24, 2.45) is 0 Å². The predicted molar refractivity (Wildman–Crippen MR) is 169 cm³/mol. The summed E-state index contributed by atoms with van der Waals surface area (Å²) in [4.78, 5) is 26.9. The molecule has 0 aliphatic carbocycles. The first-order chi connectivity index (χ1) is 23.0. The topological polar surface area (TPSA) is 98.7 Å². The number of nitriles is 1. The van der Waals surface area contributed by atoms with Gasteiger partial charge >= 0.3 is 12.2 Å². The second-order valence-electron chi connectivity index (χ2n) is 11.7. The van der Waals surface area contributed by atoms with Crippen molar-refractivity contribution in [1.29, 1.82) is 5.26 Å². The summed E-state index contributed by atoms with van der Waals surface area (Å²) in [6, 6.07) is 7.51. The van der Waals surface area contributed by atoms with Crippen LogP contribution in [0.25, 0.3) is 33.0 Å². The van der Waals surface area contributed by atoms with Crippen LogP contribution in [0.15, 0.2) is 53.4 Å². The fraction of sp³-hybridized carbons (Fsp3) is 0.394. The maximum atomic E-state index is 14.2. The standard InChI is InChI=1S/C33H30ClF5N6O3/c1-19(36)31(46)45-13-12-44(17-21(45)6-9-40)30-28-27(41-32(42-30)48-18-22-3-2-10-43(22)11-8-35)16-24(23-7-14-47-29(23)28)25-15-20(34)4-5-26(25)33(37,38)39/h4-5,7,14-16,21-22H,1-3,6,8,10-13,17-18H2/t21-,22-/m0/s1. The SMILES string of the molecule is C=C(F)C(=O)N1CCN(c2nc(OC[C@@H]3CCCN3CCF)nc3cc(-c4cc(Cl)ccc4C(F)(F)F)c4ccoc4c23)C[C@@H]1CC#N. The van der Waals surface area contributed by atoms with E-state index in [0.717, 1.165) is 25.5 Å². The van der Waals surface area contributed by atoms with Gasteiger partial charge in [0.2, 0.25) is 0 Å². The zero-order valence-corrected chi connectivity index (χ0v) is 26.3. The van der Waals surface area contributed by atoms with Crippen LogP contribution in [-0.2, 0) is 11.0 Å². The number of aromatic nitrogens is 2. The lowest BCUT2D eigenvalue weighted by atomic mass is 9.95. The summed E-state index contributed by atoms with van der Waals surface area (Å²) >= 11 is 6.19. The number of anilines is 1. The summed E-state index contributed by atoms with van der Waals surface area (Å²) < 4.78 is 81.7. The van der Waals surface area contributed by atoms with Crippen molar-refractivity contribution < 1.29 is 35.9 Å². The van der Waals surface area contributed by atoms with Crippen LogP contribution < -0.4 is 9.64 Å². The number of carbonyl (C=O) groups is 1. The van der Waals surface area contributed by atoms with E-state index in [1.54, 1.807) is 11.0 Å². The lowest BCUT2D eigenvalue weighted by molar-refractivity contribution is -0.137. The molecule has 2 aromatic heterocycles. The van der Waals surface area contributed by atoms with E-state index in [2.05, 4.69) is 11.6 Å². The Morgan fingerprint density at radius 1 is 1.15 bits per heavy atom. The molecule has 9 nitrogen and oxygen atoms in total. The Morgan fingerprint density at radius 3 is 2.69 bits per heavy atom. The molecule has 2 aromatic carbocycles. The molecule has 48 heavy (non-hydrogen) atoms. The van der Waals surface area contributed by atoms with Crippen LogP contribution in [0.4, 0.5) is 27.8 Å². The molecule has 0 N–H and O–H groups in total. The third-order valence-corrected chi connectivity index (χ3v) is 9.05. The summed E-state index contributed by atoms with van der Waals surface area (Å²) in [5, 5.41) is 10.3. The van der Waals surface area contributed by atoms with Crippen LogP contribution >= 0.6 is 11.6 Å². The van der Waals surface area contributed by atoms with Gasteiger partial charge in [-0.25, -0.2) is 8.78 Å². The number of alkyl halides is 4. The molecule has 2 fully saturated rings. The summed E-state index contributed by atoms with van der Waals surface area (Å²) in [6.07, 6.45) is -1.81. The molecule has 2 atom stereocenters. The van der Waals surface area contributed by atoms with Crippen molar-refractivity contribution >= 4 is 45.2 Å². The summed E-state index contributed by atoms with van der Waals surface area (Å²) in [5.74, 6) is -1.77. The lowest BCUT2D eigenvalue weighted by Crippen LogP contribution is -2.55. The highest BCUT2D eigenvalue weighted by atomic mass is 35.5. The number of amides is 1. The lowest BCUT2D eigenvalue weighted by Gasteiger charge is -2.41. The van der Waals surface area contributed by atoms with E-state index in [0.29, 0.717) is 16.6 Å². The summed E-state index contributed by atoms with van der Waals surface area (Å²) in [5.41, 5.74) is -0.495. The number of hydrogen-bond donors (Lipinski definition) is 0. The van der Waals surface area contributed by atoms with Gasteiger partial charge in [0.1, 0.15) is 24.7 Å². The van der Waals surface area contributed by atoms with E-state index < -0.39 is 36.2 Å². The molecule has 4 heterocycles. The summed E-state index contributed by atoms with van der Waals surface area (Å²) in [6.45, 7) is 3.99. The maximum Gasteiger partial charge on any atom is 0.417 e. The van der Waals surface area contributed by atoms with Crippen LogP contribution in [0.2, 0.25) is 5.02 Å². The molecule has 1 amide bonds. The van der Waals surface area contributed by atoms with Crippen molar-refractivity contribution in [3.63, 3.8) is 0 Å². The van der Waals surface area contributed by atoms with Crippen molar-refractivity contribution in [3.05, 3.63) is 59.6 Å². The average molecular weight is 689 g/mol. The zero-order valence-electron chi connectivity index (χ0n) is 25.6. The highest BCUT2D eigenvalue weighted by Gasteiger charge is 2.36. The first kappa shape index (κ1) is 33.4. The molecule has 2 aliphatic rings. The molecule has 252 valence electrons. The largest absolute Gasteiger partial charge is 0.463 e. The van der Waals surface area contributed by atoms with Crippen molar-refractivity contribution in [1.82, 2.24) is 19.8 Å². The van der Waals surface area contributed by atoms with E-state index >= 15 is 0 Å². The third kappa shape index (κ3) is 6.49. The van der Waals surface area contributed by atoms with Gasteiger partial charge in [-0.2, -0.15) is 28.4 Å². The zero-order chi connectivity index (χ0) is 34.2. The van der Waals surface area contributed by atoms with Gasteiger partial charge in [-0.15, -0.1) is 0 Å². The molecule has 6 rings (SSSR count). The Labute approximate surface area is 277 Å². The quantitative estimate of drug-likeness (QED) is 0.138. The average Bonchev–Trinajstić information content (AvgIpc) is 3.72. The molecular weight excluding hydrogens is 659 g/mol. The highest BCUT2D eigenvalue weighted by Crippen LogP contribution is 2.44. The number of benzene rings is 2. The molecular formula is C33H30ClF5N6O3. The fourth-order valence-electron chi connectivity index (χ4n) is 6.61. The number of ether oxygens (including phenoxy) is 1. The van der Waals surface area contributed by atoms with Crippen molar-refractivity contribution in [2.45, 2.75) is 37.5 Å². The minimum atomic E-state index is -4.69.